The number of thiazole rings is 1. The largest absolute Gasteiger partial charge is 0.497 e. The minimum atomic E-state index is -0.720. The second-order valence-electron chi connectivity index (χ2n) is 6.68. The summed E-state index contributed by atoms with van der Waals surface area (Å²) in [4.78, 5) is 29.6. The number of benzene rings is 2. The van der Waals surface area contributed by atoms with E-state index in [1.165, 1.54) is 11.3 Å². The summed E-state index contributed by atoms with van der Waals surface area (Å²) in [6, 6.07) is 14.3. The Kier molecular flexibility index (Phi) is 4.94. The van der Waals surface area contributed by atoms with Crippen LogP contribution in [0.4, 0.5) is 5.13 Å². The molecule has 2 aromatic heterocycles. The molecule has 0 unspecified atom stereocenters. The summed E-state index contributed by atoms with van der Waals surface area (Å²) in [5.41, 5.74) is 2.20. The molecule has 4 aromatic rings. The molecule has 0 saturated heterocycles. The molecule has 2 heterocycles. The smallest absolute Gasteiger partial charge is 0.268 e. The maximum atomic E-state index is 12.7. The van der Waals surface area contributed by atoms with Crippen molar-refractivity contribution in [3.8, 4) is 5.75 Å². The maximum absolute atomic E-state index is 12.7. The predicted molar refractivity (Wildman–Crippen MR) is 115 cm³/mol. The number of nitrogens with one attached hydrogen (secondary N) is 2. The minimum Gasteiger partial charge on any atom is -0.497 e. The molecule has 0 aliphatic rings. The molecule has 2 N–H and O–H groups in total. The first-order chi connectivity index (χ1) is 14.0. The quantitative estimate of drug-likeness (QED) is 0.529. The van der Waals surface area contributed by atoms with Gasteiger partial charge in [-0.15, -0.1) is 0 Å². The standard InChI is InChI=1S/C21H20N4O3S/c1-12(19(26)24-21-23-15-6-4-5-7-18(15)29-21)22-20(27)17-11-13-10-14(28-3)8-9-16(13)25(17)2/h4-12H,1-3H3,(H,22,27)(H,23,24,26)/t12-/m0/s1. The summed E-state index contributed by atoms with van der Waals surface area (Å²) in [6.07, 6.45) is 0. The molecule has 0 spiro atoms. The Morgan fingerprint density at radius 2 is 1.97 bits per heavy atom. The van der Waals surface area contributed by atoms with Gasteiger partial charge in [-0.05, 0) is 43.3 Å². The Morgan fingerprint density at radius 1 is 1.17 bits per heavy atom. The van der Waals surface area contributed by atoms with E-state index < -0.39 is 6.04 Å². The Morgan fingerprint density at radius 3 is 2.72 bits per heavy atom. The van der Waals surface area contributed by atoms with Gasteiger partial charge in [-0.3, -0.25) is 9.59 Å². The van der Waals surface area contributed by atoms with Crippen LogP contribution in [0.2, 0.25) is 0 Å². The van der Waals surface area contributed by atoms with Crippen molar-refractivity contribution >= 4 is 49.4 Å². The number of fused-ring (bicyclic) bond motifs is 2. The van der Waals surface area contributed by atoms with E-state index >= 15 is 0 Å². The summed E-state index contributed by atoms with van der Waals surface area (Å²) in [6.45, 7) is 1.65. The van der Waals surface area contributed by atoms with Crippen molar-refractivity contribution in [2.75, 3.05) is 12.4 Å². The molecular weight excluding hydrogens is 388 g/mol. The van der Waals surface area contributed by atoms with Crippen LogP contribution in [0.25, 0.3) is 21.1 Å². The SMILES string of the molecule is COc1ccc2c(c1)cc(C(=O)N[C@@H](C)C(=O)Nc1nc3ccccc3s1)n2C. The lowest BCUT2D eigenvalue weighted by Crippen LogP contribution is -2.42. The zero-order valence-corrected chi connectivity index (χ0v) is 17.0. The van der Waals surface area contributed by atoms with E-state index in [4.69, 9.17) is 4.74 Å². The first-order valence-electron chi connectivity index (χ1n) is 9.07. The van der Waals surface area contributed by atoms with Crippen molar-refractivity contribution in [2.24, 2.45) is 7.05 Å². The Balaban J connectivity index is 1.48. The molecule has 148 valence electrons. The molecule has 0 bridgehead atoms. The summed E-state index contributed by atoms with van der Waals surface area (Å²) >= 11 is 1.40. The van der Waals surface area contributed by atoms with Crippen molar-refractivity contribution in [1.29, 1.82) is 0 Å². The second-order valence-corrected chi connectivity index (χ2v) is 7.72. The van der Waals surface area contributed by atoms with Gasteiger partial charge in [0.15, 0.2) is 5.13 Å². The minimum absolute atomic E-state index is 0.321. The van der Waals surface area contributed by atoms with Gasteiger partial charge in [0, 0.05) is 18.0 Å². The first-order valence-corrected chi connectivity index (χ1v) is 9.88. The van der Waals surface area contributed by atoms with Gasteiger partial charge in [0.2, 0.25) is 5.91 Å². The molecule has 4 rings (SSSR count). The van der Waals surface area contributed by atoms with Crippen LogP contribution >= 0.6 is 11.3 Å². The van der Waals surface area contributed by atoms with E-state index in [0.717, 1.165) is 26.9 Å². The number of aromatic nitrogens is 2. The lowest BCUT2D eigenvalue weighted by molar-refractivity contribution is -0.117. The van der Waals surface area contributed by atoms with Crippen LogP contribution in [-0.2, 0) is 11.8 Å². The average Bonchev–Trinajstić information content (AvgIpc) is 3.27. The van der Waals surface area contributed by atoms with Crippen LogP contribution in [0.5, 0.6) is 5.75 Å². The van der Waals surface area contributed by atoms with Gasteiger partial charge in [0.05, 0.1) is 17.3 Å². The van der Waals surface area contributed by atoms with Crippen molar-refractivity contribution in [3.63, 3.8) is 0 Å². The molecule has 7 nitrogen and oxygen atoms in total. The number of para-hydroxylation sites is 1. The number of methoxy groups -OCH3 is 1. The van der Waals surface area contributed by atoms with Crippen LogP contribution in [0, 0.1) is 0 Å². The molecule has 2 aromatic carbocycles. The monoisotopic (exact) mass is 408 g/mol. The summed E-state index contributed by atoms with van der Waals surface area (Å²) in [7, 11) is 3.42. The topological polar surface area (TPSA) is 85.2 Å². The fourth-order valence-corrected chi connectivity index (χ4v) is 4.02. The molecule has 0 saturated carbocycles. The van der Waals surface area contributed by atoms with E-state index in [1.807, 2.05) is 49.5 Å². The van der Waals surface area contributed by atoms with E-state index in [2.05, 4.69) is 15.6 Å². The third kappa shape index (κ3) is 3.66. The van der Waals surface area contributed by atoms with Crippen LogP contribution < -0.4 is 15.4 Å². The Hall–Kier alpha value is -3.39. The lowest BCUT2D eigenvalue weighted by Gasteiger charge is -2.13. The number of ether oxygens (including phenoxy) is 1. The van der Waals surface area contributed by atoms with Crippen molar-refractivity contribution < 1.29 is 14.3 Å². The van der Waals surface area contributed by atoms with Crippen LogP contribution in [0.15, 0.2) is 48.5 Å². The highest BCUT2D eigenvalue weighted by Gasteiger charge is 2.20. The van der Waals surface area contributed by atoms with Gasteiger partial charge >= 0.3 is 0 Å². The van der Waals surface area contributed by atoms with E-state index in [0.29, 0.717) is 10.8 Å². The molecule has 0 aliphatic carbocycles. The Labute approximate surface area is 171 Å². The van der Waals surface area contributed by atoms with Crippen molar-refractivity contribution in [2.45, 2.75) is 13.0 Å². The number of anilines is 1. The van der Waals surface area contributed by atoms with E-state index in [9.17, 15) is 9.59 Å². The summed E-state index contributed by atoms with van der Waals surface area (Å²) in [5, 5.41) is 6.93. The molecule has 8 heteroatoms. The third-order valence-corrected chi connectivity index (χ3v) is 5.70. The Bertz CT molecular complexity index is 1190. The predicted octanol–water partition coefficient (Wildman–Crippen LogP) is 3.55. The van der Waals surface area contributed by atoms with Crippen molar-refractivity contribution in [1.82, 2.24) is 14.9 Å². The van der Waals surface area contributed by atoms with E-state index in [1.54, 1.807) is 24.7 Å². The number of hydrogen-bond donors (Lipinski definition) is 2. The number of carbonyl (C=O) groups excluding carboxylic acids is 2. The van der Waals surface area contributed by atoms with Gasteiger partial charge in [-0.2, -0.15) is 0 Å². The second kappa shape index (κ2) is 7.56. The average molecular weight is 408 g/mol. The van der Waals surface area contributed by atoms with Crippen LogP contribution in [0.1, 0.15) is 17.4 Å². The summed E-state index contributed by atoms with van der Waals surface area (Å²) < 4.78 is 8.02. The molecule has 1 atom stereocenters. The highest BCUT2D eigenvalue weighted by molar-refractivity contribution is 7.22. The van der Waals surface area contributed by atoms with Crippen molar-refractivity contribution in [3.05, 3.63) is 54.2 Å². The van der Waals surface area contributed by atoms with Gasteiger partial charge < -0.3 is 19.9 Å². The molecule has 0 aliphatic heterocycles. The number of amides is 2. The van der Waals surface area contributed by atoms with Gasteiger partial charge in [-0.25, -0.2) is 4.98 Å². The number of hydrogen-bond acceptors (Lipinski definition) is 5. The zero-order chi connectivity index (χ0) is 20.5. The van der Waals surface area contributed by atoms with Gasteiger partial charge in [0.1, 0.15) is 17.5 Å². The highest BCUT2D eigenvalue weighted by Crippen LogP contribution is 2.26. The zero-order valence-electron chi connectivity index (χ0n) is 16.2. The lowest BCUT2D eigenvalue weighted by atomic mass is 10.2. The fraction of sp³-hybridized carbons (Fsp3) is 0.190. The number of carbonyl (C=O) groups is 2. The highest BCUT2D eigenvalue weighted by atomic mass is 32.1. The summed E-state index contributed by atoms with van der Waals surface area (Å²) in [5.74, 6) is 0.0751. The number of rotatable bonds is 5. The molecular formula is C21H20N4O3S. The van der Waals surface area contributed by atoms with Crippen LogP contribution in [0.3, 0.4) is 0 Å². The fourth-order valence-electron chi connectivity index (χ4n) is 3.15. The third-order valence-electron chi connectivity index (χ3n) is 4.75. The number of aryl methyl sites for hydroxylation is 1. The molecule has 0 fully saturated rings. The molecule has 2 amide bonds. The normalized spacial score (nSPS) is 12.1. The molecule has 29 heavy (non-hydrogen) atoms. The first kappa shape index (κ1) is 18.9. The molecule has 0 radical (unpaired) electrons. The van der Waals surface area contributed by atoms with Crippen LogP contribution in [-0.4, -0.2) is 34.5 Å². The van der Waals surface area contributed by atoms with Gasteiger partial charge in [-0.1, -0.05) is 23.5 Å². The van der Waals surface area contributed by atoms with E-state index in [-0.39, 0.29) is 11.8 Å². The number of nitrogens with zero attached hydrogens (tertiary/aromatic N) is 2. The van der Waals surface area contributed by atoms with Gasteiger partial charge in [0.25, 0.3) is 5.91 Å². The maximum Gasteiger partial charge on any atom is 0.268 e.